The van der Waals surface area contributed by atoms with Gasteiger partial charge < -0.3 is 23.5 Å². The molecule has 8 nitrogen and oxygen atoms in total. The normalized spacial score (nSPS) is 29.6. The number of carbonyl (C=O) groups excluding carboxylic acids is 3. The first-order chi connectivity index (χ1) is 22.8. The molecule has 258 valence electrons. The summed E-state index contributed by atoms with van der Waals surface area (Å²) in [6.45, 7) is 4.00. The summed E-state index contributed by atoms with van der Waals surface area (Å²) in [5.74, 6) is 0.961. The van der Waals surface area contributed by atoms with E-state index in [1.165, 1.54) is 0 Å². The number of fused-ring (bicyclic) bond motifs is 1. The highest BCUT2D eigenvalue weighted by Crippen LogP contribution is 2.42. The Balaban J connectivity index is 1.15. The number of hydrogen-bond acceptors (Lipinski definition) is 7. The molecule has 47 heavy (non-hydrogen) atoms. The van der Waals surface area contributed by atoms with Crippen molar-refractivity contribution in [2.75, 3.05) is 40.1 Å². The van der Waals surface area contributed by atoms with Crippen molar-refractivity contribution in [1.29, 1.82) is 0 Å². The van der Waals surface area contributed by atoms with Gasteiger partial charge in [-0.05, 0) is 124 Å². The van der Waals surface area contributed by atoms with E-state index in [2.05, 4.69) is 0 Å². The van der Waals surface area contributed by atoms with Crippen molar-refractivity contribution in [3.63, 3.8) is 0 Å². The lowest BCUT2D eigenvalue weighted by Crippen LogP contribution is -2.48. The number of hydrogen-bond donors (Lipinski definition) is 0. The molecular formula is C38H52FNO7. The van der Waals surface area contributed by atoms with Crippen molar-refractivity contribution in [1.82, 2.24) is 4.90 Å². The van der Waals surface area contributed by atoms with E-state index in [4.69, 9.17) is 18.6 Å². The van der Waals surface area contributed by atoms with Crippen molar-refractivity contribution in [3.8, 4) is 0 Å². The molecule has 9 heteroatoms. The molecule has 0 bridgehead atoms. The van der Waals surface area contributed by atoms with Crippen molar-refractivity contribution in [3.05, 3.63) is 35.6 Å². The van der Waals surface area contributed by atoms with Gasteiger partial charge in [-0.2, -0.15) is 0 Å². The fourth-order valence-electron chi connectivity index (χ4n) is 8.80. The lowest BCUT2D eigenvalue weighted by atomic mass is 9.74. The van der Waals surface area contributed by atoms with Gasteiger partial charge in [0.15, 0.2) is 5.78 Å². The Kier molecular flexibility index (Phi) is 11.3. The molecule has 2 aromatic rings. The smallest absolute Gasteiger partial charge is 0.374 e. The number of carbonyl (C=O) groups is 3. The number of rotatable bonds is 11. The second-order valence-electron chi connectivity index (χ2n) is 14.7. The Bertz CT molecular complexity index is 1370. The first-order valence-electron chi connectivity index (χ1n) is 18.0. The van der Waals surface area contributed by atoms with Gasteiger partial charge in [-0.3, -0.25) is 14.0 Å². The summed E-state index contributed by atoms with van der Waals surface area (Å²) in [5.41, 5.74) is 1.41. The maximum absolute atomic E-state index is 14.3. The number of esters is 1. The van der Waals surface area contributed by atoms with E-state index in [1.54, 1.807) is 13.2 Å². The summed E-state index contributed by atoms with van der Waals surface area (Å²) in [7, 11) is 1.77. The number of ketones is 1. The topological polar surface area (TPSA) is 95.3 Å². The lowest BCUT2D eigenvalue weighted by molar-refractivity contribution is -0.143. The predicted molar refractivity (Wildman–Crippen MR) is 176 cm³/mol. The molecule has 1 amide bonds. The Morgan fingerprint density at radius 1 is 0.957 bits per heavy atom. The molecule has 4 aliphatic rings. The van der Waals surface area contributed by atoms with Gasteiger partial charge in [-0.25, -0.2) is 4.79 Å². The van der Waals surface area contributed by atoms with Gasteiger partial charge >= 0.3 is 5.97 Å². The van der Waals surface area contributed by atoms with Gasteiger partial charge in [0, 0.05) is 44.6 Å². The van der Waals surface area contributed by atoms with Gasteiger partial charge in [-0.15, -0.1) is 0 Å². The molecule has 2 aliphatic heterocycles. The van der Waals surface area contributed by atoms with Gasteiger partial charge in [-0.1, -0.05) is 13.0 Å². The molecule has 0 spiro atoms. The average molecular weight is 654 g/mol. The van der Waals surface area contributed by atoms with Crippen LogP contribution in [0.3, 0.4) is 0 Å². The zero-order valence-electron chi connectivity index (χ0n) is 28.1. The maximum atomic E-state index is 14.3. The molecule has 1 aromatic carbocycles. The predicted octanol–water partition coefficient (Wildman–Crippen LogP) is 6.96. The van der Waals surface area contributed by atoms with Crippen LogP contribution in [-0.4, -0.2) is 74.9 Å². The lowest BCUT2D eigenvalue weighted by Gasteiger charge is -2.37. The zero-order chi connectivity index (χ0) is 32.9. The molecule has 3 atom stereocenters. The summed E-state index contributed by atoms with van der Waals surface area (Å²) in [4.78, 5) is 43.0. The minimum Gasteiger partial charge on any atom is -0.460 e. The zero-order valence-corrected chi connectivity index (χ0v) is 28.1. The van der Waals surface area contributed by atoms with Crippen LogP contribution in [0.5, 0.6) is 0 Å². The number of furan rings is 1. The van der Waals surface area contributed by atoms with E-state index in [9.17, 15) is 18.8 Å². The third kappa shape index (κ3) is 7.93. The largest absolute Gasteiger partial charge is 0.460 e. The van der Waals surface area contributed by atoms with E-state index in [-0.39, 0.29) is 54.4 Å². The van der Waals surface area contributed by atoms with Gasteiger partial charge in [0.05, 0.1) is 25.4 Å². The number of benzene rings is 1. The van der Waals surface area contributed by atoms with Crippen LogP contribution in [0.1, 0.15) is 93.7 Å². The molecule has 4 fully saturated rings. The molecular weight excluding hydrogens is 601 g/mol. The quantitative estimate of drug-likeness (QED) is 0.242. The van der Waals surface area contributed by atoms with E-state index in [1.807, 2.05) is 30.0 Å². The minimum absolute atomic E-state index is 0.0325. The fraction of sp³-hybridized carbons (Fsp3) is 0.711. The molecule has 0 N–H and O–H groups in total. The van der Waals surface area contributed by atoms with E-state index in [0.717, 1.165) is 81.6 Å². The van der Waals surface area contributed by atoms with E-state index >= 15 is 0 Å². The van der Waals surface area contributed by atoms with Crippen LogP contribution in [0.4, 0.5) is 4.39 Å². The van der Waals surface area contributed by atoms with E-state index < -0.39 is 12.0 Å². The first kappa shape index (κ1) is 34.1. The molecule has 6 rings (SSSR count). The van der Waals surface area contributed by atoms with Crippen LogP contribution in [0.2, 0.25) is 0 Å². The number of ether oxygens (including phenoxy) is 3. The maximum Gasteiger partial charge on any atom is 0.374 e. The molecule has 0 radical (unpaired) electrons. The molecule has 2 aliphatic carbocycles. The second kappa shape index (κ2) is 15.6. The first-order valence-corrected chi connectivity index (χ1v) is 18.0. The third-order valence-electron chi connectivity index (χ3n) is 11.8. The van der Waals surface area contributed by atoms with Crippen LogP contribution in [0.15, 0.2) is 28.7 Å². The standard InChI is InChI=1S/C38H52FNO7/c1-24(22-39)27-4-6-29(7-5-27)37(42)40-16-13-32(28-8-10-31(44-2)11-9-28)36(40)33(41)20-26-3-12-34-30(19-26)21-35(47-34)38(43)46-23-25-14-17-45-18-15-25/h3,12,19,21,24-25,27-29,31-32,36H,4-11,13-18,20,22-23H2,1-2H3/t24-,27?,28?,29?,31?,32+,36+/m1/s1. The van der Waals surface area contributed by atoms with Gasteiger partial charge in [0.1, 0.15) is 5.58 Å². The van der Waals surface area contributed by atoms with Crippen LogP contribution in [0, 0.1) is 35.5 Å². The SMILES string of the molecule is COC1CCC([C@@H]2CCN(C(=O)C3CCC([C@H](C)CF)CC3)[C@@H]2C(=O)Cc2ccc3oc(C(=O)OCC4CCOCC4)cc3c2)CC1. The molecule has 2 saturated heterocycles. The summed E-state index contributed by atoms with van der Waals surface area (Å²) in [5, 5.41) is 0.751. The summed E-state index contributed by atoms with van der Waals surface area (Å²) in [6.07, 6.45) is 10.4. The fourth-order valence-corrected chi connectivity index (χ4v) is 8.80. The van der Waals surface area contributed by atoms with Crippen molar-refractivity contribution in [2.45, 2.75) is 96.1 Å². The van der Waals surface area contributed by atoms with Crippen LogP contribution in [-0.2, 0) is 30.2 Å². The van der Waals surface area contributed by atoms with Crippen LogP contribution in [0.25, 0.3) is 11.0 Å². The molecule has 1 aromatic heterocycles. The van der Waals surface area contributed by atoms with Crippen molar-refractivity contribution in [2.24, 2.45) is 35.5 Å². The molecule has 2 saturated carbocycles. The number of nitrogens with zero attached hydrogens (tertiary/aromatic N) is 1. The van der Waals surface area contributed by atoms with E-state index in [0.29, 0.717) is 49.7 Å². The minimum atomic E-state index is -0.482. The van der Waals surface area contributed by atoms with Crippen molar-refractivity contribution < 1.29 is 37.4 Å². The Labute approximate surface area is 278 Å². The highest BCUT2D eigenvalue weighted by Gasteiger charge is 2.47. The summed E-state index contributed by atoms with van der Waals surface area (Å²) in [6, 6.07) is 6.86. The Morgan fingerprint density at radius 2 is 1.70 bits per heavy atom. The molecule has 0 unspecified atom stereocenters. The van der Waals surface area contributed by atoms with Crippen molar-refractivity contribution >= 4 is 28.6 Å². The summed E-state index contributed by atoms with van der Waals surface area (Å²) < 4.78 is 35.7. The average Bonchev–Trinajstić information content (AvgIpc) is 3.76. The summed E-state index contributed by atoms with van der Waals surface area (Å²) >= 11 is 0. The van der Waals surface area contributed by atoms with Gasteiger partial charge in [0.25, 0.3) is 0 Å². The Morgan fingerprint density at radius 3 is 2.40 bits per heavy atom. The number of halogens is 1. The third-order valence-corrected chi connectivity index (χ3v) is 11.8. The van der Waals surface area contributed by atoms with Crippen LogP contribution < -0.4 is 0 Å². The number of likely N-dealkylation sites (tertiary alicyclic amines) is 1. The Hall–Kier alpha value is -2.78. The number of amides is 1. The molecule has 3 heterocycles. The highest BCUT2D eigenvalue weighted by molar-refractivity contribution is 5.94. The number of methoxy groups -OCH3 is 1. The second-order valence-corrected chi connectivity index (χ2v) is 14.7. The highest BCUT2D eigenvalue weighted by atomic mass is 19.1. The van der Waals surface area contributed by atoms with Gasteiger partial charge in [0.2, 0.25) is 11.7 Å². The monoisotopic (exact) mass is 653 g/mol. The number of alkyl halides is 1. The van der Waals surface area contributed by atoms with Crippen LogP contribution >= 0.6 is 0 Å². The number of Topliss-reactive ketones (excluding diaryl/α,β-unsaturated/α-hetero) is 1.